The van der Waals surface area contributed by atoms with E-state index in [-0.39, 0.29) is 12.2 Å². The van der Waals surface area contributed by atoms with Gasteiger partial charge < -0.3 is 0 Å². The minimum Gasteiger partial charge on any atom is -0.167 e. The van der Waals surface area contributed by atoms with E-state index < -0.39 is 12.4 Å². The van der Waals surface area contributed by atoms with Gasteiger partial charge in [0.05, 0.1) is 0 Å². The van der Waals surface area contributed by atoms with E-state index >= 15 is 0 Å². The molecular formula is C8H10F6. The van der Waals surface area contributed by atoms with Crippen LogP contribution in [0.1, 0.15) is 13.8 Å². The molecular weight excluding hydrogens is 210 g/mol. The molecule has 0 saturated carbocycles. The molecule has 0 saturated heterocycles. The Morgan fingerprint density at radius 2 is 0.857 bits per heavy atom. The van der Waals surface area contributed by atoms with Crippen LogP contribution in [0.15, 0.2) is 24.3 Å². The third kappa shape index (κ3) is 22.5. The highest BCUT2D eigenvalue weighted by Gasteiger charge is 2.21. The predicted molar refractivity (Wildman–Crippen MR) is 41.7 cm³/mol. The molecule has 0 bridgehead atoms. The molecule has 0 nitrogen and oxygen atoms in total. The highest BCUT2D eigenvalue weighted by Crippen LogP contribution is 2.15. The van der Waals surface area contributed by atoms with Gasteiger partial charge in [0.15, 0.2) is 0 Å². The third-order valence-corrected chi connectivity index (χ3v) is 0.711. The Hall–Kier alpha value is -0.940. The van der Waals surface area contributed by atoms with Gasteiger partial charge in [-0.25, -0.2) is 0 Å². The molecule has 0 unspecified atom stereocenters. The maximum atomic E-state index is 11.0. The van der Waals surface area contributed by atoms with E-state index in [1.165, 1.54) is 13.8 Å². The zero-order valence-electron chi connectivity index (χ0n) is 7.58. The van der Waals surface area contributed by atoms with Gasteiger partial charge in [-0.3, -0.25) is 0 Å². The van der Waals surface area contributed by atoms with E-state index in [0.717, 1.165) is 12.2 Å². The van der Waals surface area contributed by atoms with Crippen LogP contribution in [0.3, 0.4) is 0 Å². The summed E-state index contributed by atoms with van der Waals surface area (Å²) >= 11 is 0. The van der Waals surface area contributed by atoms with Gasteiger partial charge in [0.25, 0.3) is 0 Å². The zero-order valence-corrected chi connectivity index (χ0v) is 7.58. The Balaban J connectivity index is 0. The molecule has 0 aromatic carbocycles. The molecule has 0 atom stereocenters. The van der Waals surface area contributed by atoms with E-state index in [2.05, 4.69) is 0 Å². The smallest absolute Gasteiger partial charge is 0.167 e. The lowest BCUT2D eigenvalue weighted by atomic mass is 10.5. The molecule has 0 aromatic heterocycles. The van der Waals surface area contributed by atoms with Crippen LogP contribution in [-0.4, -0.2) is 12.4 Å². The summed E-state index contributed by atoms with van der Waals surface area (Å²) in [4.78, 5) is 0. The largest absolute Gasteiger partial charge is 0.409 e. The summed E-state index contributed by atoms with van der Waals surface area (Å²) < 4.78 is 65.8. The van der Waals surface area contributed by atoms with E-state index in [9.17, 15) is 26.3 Å². The summed E-state index contributed by atoms with van der Waals surface area (Å²) in [7, 11) is 0. The molecule has 6 heteroatoms. The Bertz CT molecular complexity index is 161. The number of alkyl halides is 6. The monoisotopic (exact) mass is 220 g/mol. The minimum absolute atomic E-state index is 0.188. The Kier molecular flexibility index (Phi) is 7.21. The highest BCUT2D eigenvalue weighted by atomic mass is 19.4. The van der Waals surface area contributed by atoms with Crippen molar-refractivity contribution in [1.82, 2.24) is 0 Å². The first-order valence-corrected chi connectivity index (χ1v) is 3.53. The summed E-state index contributed by atoms with van der Waals surface area (Å²) in [6, 6.07) is 0. The van der Waals surface area contributed by atoms with Crippen molar-refractivity contribution in [2.75, 3.05) is 0 Å². The second kappa shape index (κ2) is 6.50. The van der Waals surface area contributed by atoms with Crippen molar-refractivity contribution >= 4 is 0 Å². The maximum Gasteiger partial charge on any atom is 0.409 e. The SMILES string of the molecule is C/C=C/C(F)(F)F.C/C=C\C(F)(F)F. The van der Waals surface area contributed by atoms with Crippen LogP contribution >= 0.6 is 0 Å². The molecule has 0 rings (SSSR count). The van der Waals surface area contributed by atoms with Crippen LogP contribution in [0, 0.1) is 0 Å². The quantitative estimate of drug-likeness (QED) is 0.423. The molecule has 84 valence electrons. The van der Waals surface area contributed by atoms with Gasteiger partial charge in [0.2, 0.25) is 0 Å². The van der Waals surface area contributed by atoms with Gasteiger partial charge in [-0.15, -0.1) is 0 Å². The van der Waals surface area contributed by atoms with Gasteiger partial charge in [-0.1, -0.05) is 12.2 Å². The molecule has 0 aliphatic rings. The second-order valence-electron chi connectivity index (χ2n) is 2.08. The first kappa shape index (κ1) is 15.5. The normalized spacial score (nSPS) is 13.1. The second-order valence-corrected chi connectivity index (χ2v) is 2.08. The number of rotatable bonds is 0. The highest BCUT2D eigenvalue weighted by molar-refractivity contribution is 4.85. The van der Waals surface area contributed by atoms with Crippen LogP contribution in [0.5, 0.6) is 0 Å². The van der Waals surface area contributed by atoms with Crippen LogP contribution < -0.4 is 0 Å². The Morgan fingerprint density at radius 3 is 0.857 bits per heavy atom. The summed E-state index contributed by atoms with van der Waals surface area (Å²) in [6.45, 7) is 2.65. The molecule has 0 radical (unpaired) electrons. The van der Waals surface area contributed by atoms with Crippen molar-refractivity contribution in [2.45, 2.75) is 26.2 Å². The lowest BCUT2D eigenvalue weighted by Gasteiger charge is -1.93. The van der Waals surface area contributed by atoms with Gasteiger partial charge in [0.1, 0.15) is 0 Å². The number of allylic oxidation sites excluding steroid dienone is 4. The van der Waals surface area contributed by atoms with Gasteiger partial charge in [-0.2, -0.15) is 26.3 Å². The Labute approximate surface area is 77.9 Å². The van der Waals surface area contributed by atoms with Crippen molar-refractivity contribution in [2.24, 2.45) is 0 Å². The first-order valence-electron chi connectivity index (χ1n) is 3.53. The van der Waals surface area contributed by atoms with E-state index in [4.69, 9.17) is 0 Å². The van der Waals surface area contributed by atoms with Crippen LogP contribution in [-0.2, 0) is 0 Å². The molecule has 0 aliphatic carbocycles. The standard InChI is InChI=1S/2C4H5F3/c2*1-2-3-4(5,6)7/h2*2-3H,1H3/b3-2+;3-2-. The molecule has 0 heterocycles. The topological polar surface area (TPSA) is 0 Å². The van der Waals surface area contributed by atoms with Gasteiger partial charge in [-0.05, 0) is 13.8 Å². The molecule has 0 amide bonds. The van der Waals surface area contributed by atoms with Crippen molar-refractivity contribution in [1.29, 1.82) is 0 Å². The maximum absolute atomic E-state index is 11.0. The van der Waals surface area contributed by atoms with Crippen molar-refractivity contribution < 1.29 is 26.3 Å². The molecule has 0 fully saturated rings. The lowest BCUT2D eigenvalue weighted by Crippen LogP contribution is -1.99. The fourth-order valence-electron chi connectivity index (χ4n) is 0.378. The molecule has 0 spiro atoms. The van der Waals surface area contributed by atoms with Gasteiger partial charge in [0, 0.05) is 12.2 Å². The molecule has 0 aromatic rings. The Morgan fingerprint density at radius 1 is 0.643 bits per heavy atom. The van der Waals surface area contributed by atoms with E-state index in [1.54, 1.807) is 0 Å². The molecule has 14 heavy (non-hydrogen) atoms. The number of halogens is 6. The van der Waals surface area contributed by atoms with Crippen LogP contribution in [0.2, 0.25) is 0 Å². The molecule has 0 aliphatic heterocycles. The summed E-state index contributed by atoms with van der Waals surface area (Å²) in [5.41, 5.74) is 0. The van der Waals surface area contributed by atoms with Crippen LogP contribution in [0.4, 0.5) is 26.3 Å². The minimum atomic E-state index is -4.13. The first-order chi connectivity index (χ1) is 6.12. The van der Waals surface area contributed by atoms with Crippen molar-refractivity contribution in [3.05, 3.63) is 24.3 Å². The van der Waals surface area contributed by atoms with Crippen molar-refractivity contribution in [3.63, 3.8) is 0 Å². The van der Waals surface area contributed by atoms with Gasteiger partial charge >= 0.3 is 12.4 Å². The average molecular weight is 220 g/mol. The third-order valence-electron chi connectivity index (χ3n) is 0.711. The zero-order chi connectivity index (χ0) is 11.8. The predicted octanol–water partition coefficient (Wildman–Crippen LogP) is 4.25. The average Bonchev–Trinajstić information content (AvgIpc) is 1.81. The summed E-state index contributed by atoms with van der Waals surface area (Å²) in [5, 5.41) is 0. The fraction of sp³-hybridized carbons (Fsp3) is 0.500. The van der Waals surface area contributed by atoms with Crippen molar-refractivity contribution in [3.8, 4) is 0 Å². The lowest BCUT2D eigenvalue weighted by molar-refractivity contribution is -0.0809. The van der Waals surface area contributed by atoms with Crippen LogP contribution in [0.25, 0.3) is 0 Å². The van der Waals surface area contributed by atoms with E-state index in [0.29, 0.717) is 0 Å². The fourth-order valence-corrected chi connectivity index (χ4v) is 0.378. The number of hydrogen-bond donors (Lipinski definition) is 0. The van der Waals surface area contributed by atoms with E-state index in [1.807, 2.05) is 0 Å². The number of hydrogen-bond acceptors (Lipinski definition) is 0. The summed E-state index contributed by atoms with van der Waals surface area (Å²) in [6.07, 6.45) is -5.97. The summed E-state index contributed by atoms with van der Waals surface area (Å²) in [5.74, 6) is 0. The molecule has 0 N–H and O–H groups in total.